The lowest BCUT2D eigenvalue weighted by molar-refractivity contribution is -0.496. The van der Waals surface area contributed by atoms with Crippen molar-refractivity contribution in [3.63, 3.8) is 0 Å². The van der Waals surface area contributed by atoms with Gasteiger partial charge in [0.15, 0.2) is 6.21 Å². The lowest BCUT2D eigenvalue weighted by atomic mass is 10.0. The number of sulfone groups is 1. The van der Waals surface area contributed by atoms with Crippen LogP contribution in [0.4, 0.5) is 11.4 Å². The Labute approximate surface area is 238 Å². The van der Waals surface area contributed by atoms with Crippen LogP contribution in [0.5, 0.6) is 0 Å². The number of rotatable bonds is 5. The summed E-state index contributed by atoms with van der Waals surface area (Å²) < 4.78 is 30.4. The molecule has 2 aromatic carbocycles. The summed E-state index contributed by atoms with van der Waals surface area (Å²) in [5.41, 5.74) is 5.38. The fraction of sp³-hybridized carbons (Fsp3) is 0.286. The number of carbonyl (C=O) groups excluding carboxylic acids is 1. The molecule has 10 nitrogen and oxygen atoms in total. The highest BCUT2D eigenvalue weighted by Gasteiger charge is 2.62. The van der Waals surface area contributed by atoms with E-state index in [1.165, 1.54) is 25.4 Å². The van der Waals surface area contributed by atoms with E-state index in [0.717, 1.165) is 0 Å². The Kier molecular flexibility index (Phi) is 7.38. The summed E-state index contributed by atoms with van der Waals surface area (Å²) in [7, 11) is -4.50. The molecule has 1 fully saturated rings. The van der Waals surface area contributed by atoms with E-state index in [4.69, 9.17) is 11.6 Å². The molecule has 5 rings (SSSR count). The Morgan fingerprint density at radius 1 is 1.12 bits per heavy atom. The van der Waals surface area contributed by atoms with Gasteiger partial charge in [-0.1, -0.05) is 23.7 Å². The number of para-hydroxylation sites is 1. The molecule has 40 heavy (non-hydrogen) atoms. The van der Waals surface area contributed by atoms with Crippen molar-refractivity contribution in [3.8, 4) is 0 Å². The predicted molar refractivity (Wildman–Crippen MR) is 155 cm³/mol. The van der Waals surface area contributed by atoms with E-state index in [9.17, 15) is 18.4 Å². The first kappa shape index (κ1) is 27.8. The van der Waals surface area contributed by atoms with Gasteiger partial charge in [0.1, 0.15) is 6.04 Å². The van der Waals surface area contributed by atoms with Crippen LogP contribution in [-0.2, 0) is 14.6 Å². The summed E-state index contributed by atoms with van der Waals surface area (Å²) in [6.07, 6.45) is 5.74. The van der Waals surface area contributed by atoms with Crippen molar-refractivity contribution in [3.05, 3.63) is 87.8 Å². The van der Waals surface area contributed by atoms with Gasteiger partial charge in [0.2, 0.25) is 5.91 Å². The number of hydrazine groups is 1. The summed E-state index contributed by atoms with van der Waals surface area (Å²) in [5, 5.41) is 16.5. The number of nitrogens with zero attached hydrogens (tertiary/aromatic N) is 5. The first-order valence-electron chi connectivity index (χ1n) is 12.7. The third-order valence-corrected chi connectivity index (χ3v) is 10.1. The van der Waals surface area contributed by atoms with Gasteiger partial charge < -0.3 is 10.1 Å². The van der Waals surface area contributed by atoms with Crippen molar-refractivity contribution < 1.29 is 18.0 Å². The minimum atomic E-state index is -4.50. The number of aliphatic imine (C=N–C) groups is 1. The third kappa shape index (κ3) is 4.74. The Morgan fingerprint density at radius 3 is 2.58 bits per heavy atom. The van der Waals surface area contributed by atoms with E-state index in [1.54, 1.807) is 73.7 Å². The molecule has 1 amide bonds. The number of pyridine rings is 1. The second-order valence-corrected chi connectivity index (χ2v) is 12.4. The number of amides is 1. The molecule has 1 N–H and O–H groups in total. The molecule has 3 heterocycles. The molecule has 0 unspecified atom stereocenters. The number of hydroxylamine groups is 1. The molecule has 0 radical (unpaired) electrons. The van der Waals surface area contributed by atoms with E-state index in [2.05, 4.69) is 15.4 Å². The maximum atomic E-state index is 15.0. The second kappa shape index (κ2) is 10.6. The largest absolute Gasteiger partial charge is 0.622 e. The number of fused-ring (bicyclic) bond motifs is 1. The predicted octanol–water partition coefficient (Wildman–Crippen LogP) is 3.41. The third-order valence-electron chi connectivity index (χ3n) is 7.27. The van der Waals surface area contributed by atoms with Crippen molar-refractivity contribution in [2.24, 2.45) is 4.99 Å². The van der Waals surface area contributed by atoms with Gasteiger partial charge in [0.25, 0.3) is 9.84 Å². The van der Waals surface area contributed by atoms with Gasteiger partial charge in [-0.15, -0.1) is 0 Å². The summed E-state index contributed by atoms with van der Waals surface area (Å²) >= 11 is 6.33. The zero-order valence-corrected chi connectivity index (χ0v) is 23.9. The Bertz CT molecular complexity index is 1630. The number of piperazine rings is 1. The van der Waals surface area contributed by atoms with E-state index >= 15 is 0 Å². The van der Waals surface area contributed by atoms with Crippen molar-refractivity contribution >= 4 is 51.1 Å². The van der Waals surface area contributed by atoms with Crippen LogP contribution >= 0.6 is 11.6 Å². The summed E-state index contributed by atoms with van der Waals surface area (Å²) in [4.78, 5) is 20.3. The van der Waals surface area contributed by atoms with Crippen molar-refractivity contribution in [2.45, 2.75) is 36.6 Å². The molecule has 2 aliphatic rings. The minimum absolute atomic E-state index is 0.0156. The van der Waals surface area contributed by atoms with Gasteiger partial charge >= 0.3 is 4.87 Å². The second-order valence-electron chi connectivity index (χ2n) is 9.92. The number of carbonyl (C=O) groups is 1. The molecule has 3 aromatic rings. The fourth-order valence-electron chi connectivity index (χ4n) is 5.29. The zero-order valence-electron chi connectivity index (χ0n) is 22.3. The highest BCUT2D eigenvalue weighted by Crippen LogP contribution is 2.39. The van der Waals surface area contributed by atoms with Crippen molar-refractivity contribution in [2.75, 3.05) is 24.5 Å². The SMILES string of the molecule is CC(=O)NN1CCN(c2ccncc2)[C@H]([C@@]2(S(=O)(=O)c3cc(C)c(Cl)cc3C)C=Nc3ccccc3C=[N+]2[O-])C1. The number of aryl methyl sites for hydroxylation is 2. The molecule has 12 heteroatoms. The quantitative estimate of drug-likeness (QED) is 0.362. The van der Waals surface area contributed by atoms with Crippen LogP contribution in [-0.4, -0.2) is 72.0 Å². The molecule has 1 aromatic heterocycles. The molecule has 0 bridgehead atoms. The number of aromatic nitrogens is 1. The molecule has 2 atom stereocenters. The molecule has 1 saturated heterocycles. The van der Waals surface area contributed by atoms with E-state index in [1.807, 2.05) is 4.90 Å². The summed E-state index contributed by atoms with van der Waals surface area (Å²) in [6.45, 7) is 5.48. The van der Waals surface area contributed by atoms with Crippen LogP contribution in [0.1, 0.15) is 23.6 Å². The molecular weight excluding hydrogens is 552 g/mol. The van der Waals surface area contributed by atoms with Gasteiger partial charge in [-0.2, -0.15) is 4.74 Å². The first-order chi connectivity index (χ1) is 19.0. The van der Waals surface area contributed by atoms with Crippen LogP contribution < -0.4 is 10.3 Å². The normalized spacial score (nSPS) is 21.4. The Hall–Kier alpha value is -3.80. The first-order valence-corrected chi connectivity index (χ1v) is 14.6. The maximum absolute atomic E-state index is 15.0. The summed E-state index contributed by atoms with van der Waals surface area (Å²) in [6, 6.07) is 12.6. The molecular formula is C28H29ClN6O4S. The topological polar surface area (TPSA) is 121 Å². The Balaban J connectivity index is 1.81. The zero-order chi connectivity index (χ0) is 28.7. The van der Waals surface area contributed by atoms with E-state index < -0.39 is 20.8 Å². The van der Waals surface area contributed by atoms with E-state index in [0.29, 0.717) is 50.9 Å². The van der Waals surface area contributed by atoms with E-state index in [-0.39, 0.29) is 17.3 Å². The van der Waals surface area contributed by atoms with Gasteiger partial charge in [-0.05, 0) is 61.4 Å². The average molecular weight is 581 g/mol. The van der Waals surface area contributed by atoms with Crippen LogP contribution in [0, 0.1) is 19.1 Å². The lowest BCUT2D eigenvalue weighted by Gasteiger charge is -2.47. The van der Waals surface area contributed by atoms with Crippen LogP contribution in [0.15, 0.2) is 70.8 Å². The van der Waals surface area contributed by atoms with Gasteiger partial charge in [0, 0.05) is 49.7 Å². The highest BCUT2D eigenvalue weighted by atomic mass is 35.5. The van der Waals surface area contributed by atoms with Gasteiger partial charge in [-0.3, -0.25) is 20.2 Å². The van der Waals surface area contributed by atoms with Gasteiger partial charge in [-0.25, -0.2) is 13.4 Å². The van der Waals surface area contributed by atoms with Gasteiger partial charge in [0.05, 0.1) is 22.4 Å². The van der Waals surface area contributed by atoms with Crippen LogP contribution in [0.2, 0.25) is 5.02 Å². The molecule has 0 spiro atoms. The summed E-state index contributed by atoms with van der Waals surface area (Å²) in [5.74, 6) is -0.301. The Morgan fingerprint density at radius 2 is 1.85 bits per heavy atom. The number of halogens is 1. The number of nitrogens with one attached hydrogen (secondary N) is 1. The smallest absolute Gasteiger partial charge is 0.332 e. The number of anilines is 1. The molecule has 208 valence electrons. The van der Waals surface area contributed by atoms with Crippen LogP contribution in [0.3, 0.4) is 0 Å². The fourth-order valence-corrected chi connectivity index (χ4v) is 7.71. The number of hydrogen-bond acceptors (Lipinski definition) is 8. The molecule has 2 aliphatic heterocycles. The maximum Gasteiger partial charge on any atom is 0.332 e. The minimum Gasteiger partial charge on any atom is -0.622 e. The number of hydrogen-bond donors (Lipinski definition) is 1. The van der Waals surface area contributed by atoms with Crippen molar-refractivity contribution in [1.29, 1.82) is 0 Å². The average Bonchev–Trinajstić information content (AvgIpc) is 3.07. The molecule has 0 aliphatic carbocycles. The standard InChI is InChI=1S/C28H29ClN6O4S/c1-19-15-26(20(2)14-24(19)29)40(38,39)28(18-31-25-7-5-4-6-22(25)16-35(28)37)27-17-33(32-21(3)36)12-13-34(27)23-8-10-30-11-9-23/h4-11,14-16,18,27H,12-13,17H2,1-3H3,(H,32,36)/t27-,28-/m0/s1. The van der Waals surface area contributed by atoms with Crippen molar-refractivity contribution in [1.82, 2.24) is 15.4 Å². The molecule has 0 saturated carbocycles. The highest BCUT2D eigenvalue weighted by molar-refractivity contribution is 7.93. The van der Waals surface area contributed by atoms with Crippen LogP contribution in [0.25, 0.3) is 0 Å². The monoisotopic (exact) mass is 580 g/mol. The lowest BCUT2D eigenvalue weighted by Crippen LogP contribution is -2.71. The number of benzene rings is 2.